The van der Waals surface area contributed by atoms with E-state index in [-0.39, 0.29) is 11.6 Å². The molecule has 1 saturated heterocycles. The Labute approximate surface area is 210 Å². The molecule has 5 rings (SSSR count). The molecule has 184 valence electrons. The van der Waals surface area contributed by atoms with Crippen LogP contribution >= 0.6 is 0 Å². The largest absolute Gasteiger partial charge is 0.325 e. The highest BCUT2D eigenvalue weighted by atomic mass is 16.6. The van der Waals surface area contributed by atoms with Crippen LogP contribution in [0.2, 0.25) is 0 Å². The molecule has 1 N–H and O–H groups in total. The zero-order chi connectivity index (χ0) is 25.1. The van der Waals surface area contributed by atoms with Gasteiger partial charge in [0.1, 0.15) is 5.92 Å². The van der Waals surface area contributed by atoms with Gasteiger partial charge in [-0.15, -0.1) is 0 Å². The van der Waals surface area contributed by atoms with Crippen molar-refractivity contribution in [1.29, 1.82) is 0 Å². The van der Waals surface area contributed by atoms with E-state index in [0.717, 1.165) is 50.4 Å². The van der Waals surface area contributed by atoms with Gasteiger partial charge in [0.25, 0.3) is 5.69 Å². The van der Waals surface area contributed by atoms with Crippen LogP contribution in [-0.4, -0.2) is 66.1 Å². The number of benzene rings is 3. The quantitative estimate of drug-likeness (QED) is 0.308. The van der Waals surface area contributed by atoms with E-state index in [0.29, 0.717) is 17.0 Å². The molecule has 3 aromatic carbocycles. The molecule has 8 nitrogen and oxygen atoms in total. The monoisotopic (exact) mass is 483 g/mol. The topological polar surface area (TPSA) is 91.1 Å². The van der Waals surface area contributed by atoms with Crippen LogP contribution in [0.1, 0.15) is 22.6 Å². The van der Waals surface area contributed by atoms with Gasteiger partial charge in [-0.25, -0.2) is 0 Å². The lowest BCUT2D eigenvalue weighted by Crippen LogP contribution is -2.45. The van der Waals surface area contributed by atoms with Gasteiger partial charge in [0, 0.05) is 56.1 Å². The molecule has 2 heterocycles. The van der Waals surface area contributed by atoms with E-state index in [1.165, 1.54) is 17.7 Å². The van der Waals surface area contributed by atoms with Crippen LogP contribution in [0.3, 0.4) is 0 Å². The zero-order valence-corrected chi connectivity index (χ0v) is 20.3. The number of hydrogen-bond donors (Lipinski definition) is 1. The number of amides is 1. The average molecular weight is 484 g/mol. The van der Waals surface area contributed by atoms with Gasteiger partial charge in [0.2, 0.25) is 5.91 Å². The molecule has 1 atom stereocenters. The number of carbonyl (C=O) groups is 1. The molecule has 2 aliphatic rings. The zero-order valence-electron chi connectivity index (χ0n) is 20.3. The highest BCUT2D eigenvalue weighted by Crippen LogP contribution is 2.38. The minimum absolute atomic E-state index is 0.0487. The average Bonchev–Trinajstić information content (AvgIpc) is 3.23. The van der Waals surface area contributed by atoms with Crippen molar-refractivity contribution in [1.82, 2.24) is 9.80 Å². The second-order valence-electron chi connectivity index (χ2n) is 9.38. The van der Waals surface area contributed by atoms with Crippen molar-refractivity contribution in [2.75, 3.05) is 45.1 Å². The second-order valence-corrected chi connectivity index (χ2v) is 9.38. The number of carbonyl (C=O) groups excluding carboxylic acids is 1. The first-order valence-corrected chi connectivity index (χ1v) is 12.2. The number of nitrogens with zero attached hydrogens (tertiary/aromatic N) is 4. The molecule has 2 aliphatic heterocycles. The van der Waals surface area contributed by atoms with Gasteiger partial charge in [0.05, 0.1) is 16.3 Å². The Morgan fingerprint density at radius 1 is 1.03 bits per heavy atom. The van der Waals surface area contributed by atoms with Crippen molar-refractivity contribution in [3.63, 3.8) is 0 Å². The van der Waals surface area contributed by atoms with Crippen molar-refractivity contribution in [3.05, 3.63) is 99.6 Å². The van der Waals surface area contributed by atoms with Gasteiger partial charge in [-0.3, -0.25) is 19.9 Å². The number of likely N-dealkylation sites (N-methyl/N-ethyl adjacent to an activating group) is 1. The third-order valence-electron chi connectivity index (χ3n) is 6.92. The van der Waals surface area contributed by atoms with Gasteiger partial charge >= 0.3 is 0 Å². The molecular weight excluding hydrogens is 454 g/mol. The second kappa shape index (κ2) is 10.4. The number of fused-ring (bicyclic) bond motifs is 1. The summed E-state index contributed by atoms with van der Waals surface area (Å²) in [6.45, 7) is 5.45. The van der Waals surface area contributed by atoms with Crippen molar-refractivity contribution >= 4 is 28.7 Å². The third kappa shape index (κ3) is 5.19. The maximum atomic E-state index is 13.1. The van der Waals surface area contributed by atoms with Gasteiger partial charge in [-0.05, 0) is 42.8 Å². The molecule has 0 bridgehead atoms. The summed E-state index contributed by atoms with van der Waals surface area (Å²) in [4.78, 5) is 33.8. The molecule has 1 unspecified atom stereocenters. The molecule has 36 heavy (non-hydrogen) atoms. The normalized spacial score (nSPS) is 18.6. The summed E-state index contributed by atoms with van der Waals surface area (Å²) in [6.07, 6.45) is 0.974. The standard InChI is InChI=1S/C28H29N5O3/c1-31-15-17-32(18-16-31)14-13-20-7-9-22(10-8-20)29-27(21-5-3-2-4-6-21)26-24-19-23(33(35)36)11-12-25(24)30-28(26)34/h2-12,19,26H,13-18H2,1H3,(H,30,34). The van der Waals surface area contributed by atoms with Gasteiger partial charge in [0.15, 0.2) is 0 Å². The van der Waals surface area contributed by atoms with E-state index in [2.05, 4.69) is 34.3 Å². The highest BCUT2D eigenvalue weighted by molar-refractivity contribution is 6.24. The van der Waals surface area contributed by atoms with Gasteiger partial charge < -0.3 is 15.1 Å². The number of non-ortho nitro benzene ring substituents is 1. The molecule has 0 aromatic heterocycles. The molecule has 0 radical (unpaired) electrons. The summed E-state index contributed by atoms with van der Waals surface area (Å²) in [5, 5.41) is 14.2. The molecule has 0 spiro atoms. The molecule has 1 fully saturated rings. The van der Waals surface area contributed by atoms with Crippen LogP contribution in [0.25, 0.3) is 0 Å². The highest BCUT2D eigenvalue weighted by Gasteiger charge is 2.36. The van der Waals surface area contributed by atoms with E-state index in [4.69, 9.17) is 4.99 Å². The summed E-state index contributed by atoms with van der Waals surface area (Å²) < 4.78 is 0. The van der Waals surface area contributed by atoms with Crippen molar-refractivity contribution in [2.24, 2.45) is 4.99 Å². The lowest BCUT2D eigenvalue weighted by atomic mass is 9.90. The maximum Gasteiger partial charge on any atom is 0.269 e. The Hall–Kier alpha value is -3.88. The van der Waals surface area contributed by atoms with E-state index in [1.54, 1.807) is 6.07 Å². The summed E-state index contributed by atoms with van der Waals surface area (Å²) in [5.74, 6) is -0.976. The van der Waals surface area contributed by atoms with Crippen LogP contribution in [-0.2, 0) is 11.2 Å². The summed E-state index contributed by atoms with van der Waals surface area (Å²) >= 11 is 0. The number of nitrogens with one attached hydrogen (secondary N) is 1. The summed E-state index contributed by atoms with van der Waals surface area (Å²) in [7, 11) is 2.16. The van der Waals surface area contributed by atoms with Gasteiger partial charge in [-0.2, -0.15) is 0 Å². The van der Waals surface area contributed by atoms with Crippen LogP contribution < -0.4 is 5.32 Å². The maximum absolute atomic E-state index is 13.1. The number of piperazine rings is 1. The fraction of sp³-hybridized carbons (Fsp3) is 0.286. The lowest BCUT2D eigenvalue weighted by Gasteiger charge is -2.32. The molecular formula is C28H29N5O3. The number of hydrogen-bond acceptors (Lipinski definition) is 6. The SMILES string of the molecule is CN1CCN(CCc2ccc(N=C(c3ccccc3)C3C(=O)Nc4ccc([N+](=O)[O-])cc43)cc2)CC1. The molecule has 8 heteroatoms. The number of anilines is 1. The van der Waals surface area contributed by atoms with Gasteiger partial charge in [-0.1, -0.05) is 42.5 Å². The third-order valence-corrected chi connectivity index (χ3v) is 6.92. The molecule has 0 saturated carbocycles. The van der Waals surface area contributed by atoms with Crippen molar-refractivity contribution < 1.29 is 9.72 Å². The van der Waals surface area contributed by atoms with Crippen molar-refractivity contribution in [2.45, 2.75) is 12.3 Å². The summed E-state index contributed by atoms with van der Waals surface area (Å²) in [5.41, 5.74) is 4.46. The Balaban J connectivity index is 1.42. The predicted octanol–water partition coefficient (Wildman–Crippen LogP) is 4.24. The first-order valence-electron chi connectivity index (χ1n) is 12.2. The van der Waals surface area contributed by atoms with E-state index in [9.17, 15) is 14.9 Å². The number of aliphatic imine (C=N–C) groups is 1. The van der Waals surface area contributed by atoms with Crippen LogP contribution in [0.4, 0.5) is 17.1 Å². The fourth-order valence-corrected chi connectivity index (χ4v) is 4.77. The number of nitro groups is 1. The lowest BCUT2D eigenvalue weighted by molar-refractivity contribution is -0.384. The van der Waals surface area contributed by atoms with E-state index < -0.39 is 10.8 Å². The van der Waals surface area contributed by atoms with Crippen LogP contribution in [0.5, 0.6) is 0 Å². The molecule has 0 aliphatic carbocycles. The summed E-state index contributed by atoms with van der Waals surface area (Å²) in [6, 6.07) is 22.1. The Morgan fingerprint density at radius 2 is 1.75 bits per heavy atom. The minimum atomic E-state index is -0.737. The Bertz CT molecular complexity index is 1280. The first kappa shape index (κ1) is 23.8. The first-order chi connectivity index (χ1) is 17.5. The van der Waals surface area contributed by atoms with Crippen LogP contribution in [0.15, 0.2) is 77.8 Å². The smallest absolute Gasteiger partial charge is 0.269 e. The minimum Gasteiger partial charge on any atom is -0.325 e. The molecule has 3 aromatic rings. The predicted molar refractivity (Wildman–Crippen MR) is 141 cm³/mol. The number of rotatable bonds is 7. The van der Waals surface area contributed by atoms with E-state index >= 15 is 0 Å². The Kier molecular flexibility index (Phi) is 6.88. The molecule has 1 amide bonds. The van der Waals surface area contributed by atoms with Crippen LogP contribution in [0, 0.1) is 10.1 Å². The van der Waals surface area contributed by atoms with Crippen molar-refractivity contribution in [3.8, 4) is 0 Å². The fourth-order valence-electron chi connectivity index (χ4n) is 4.77. The number of nitro benzene ring substituents is 1. The van der Waals surface area contributed by atoms with E-state index in [1.807, 2.05) is 42.5 Å². The Morgan fingerprint density at radius 3 is 2.44 bits per heavy atom.